The fourth-order valence-electron chi connectivity index (χ4n) is 4.02. The summed E-state index contributed by atoms with van der Waals surface area (Å²) in [5.74, 6) is -0.484. The molecule has 190 valence electrons. The molecule has 1 saturated heterocycles. The van der Waals surface area contributed by atoms with Crippen LogP contribution in [0.3, 0.4) is 0 Å². The minimum atomic E-state index is -0.735. The molecule has 1 aliphatic heterocycles. The number of allylic oxidation sites excluding steroid dienone is 1. The number of rotatable bonds is 9. The first kappa shape index (κ1) is 29.2. The van der Waals surface area contributed by atoms with Crippen LogP contribution in [0.25, 0.3) is 4.91 Å². The van der Waals surface area contributed by atoms with Crippen molar-refractivity contribution < 1.29 is 14.4 Å². The first-order valence-corrected chi connectivity index (χ1v) is 13.4. The van der Waals surface area contributed by atoms with E-state index in [4.69, 9.17) is 13.6 Å². The van der Waals surface area contributed by atoms with E-state index >= 15 is 0 Å². The summed E-state index contributed by atoms with van der Waals surface area (Å²) in [5.41, 5.74) is 8.11. The molecule has 7 nitrogen and oxygen atoms in total. The molecule has 0 spiro atoms. The van der Waals surface area contributed by atoms with E-state index in [1.165, 1.54) is 11.8 Å². The Bertz CT molecular complexity index is 943. The summed E-state index contributed by atoms with van der Waals surface area (Å²) < 4.78 is 0. The second-order valence-corrected chi connectivity index (χ2v) is 11.4. The SMILES string of the molecule is [B]CSCC(=O)NC(C(=O)N1CCCC1C(=O)NC(C)c1ccc(/C(S)=C(\C)N)cc1)C(C)(C)C. The number of thiol groups is 1. The third-order valence-corrected chi connectivity index (χ3v) is 7.34. The number of amides is 3. The Morgan fingerprint density at radius 3 is 2.40 bits per heavy atom. The van der Waals surface area contributed by atoms with Crippen molar-refractivity contribution in [2.24, 2.45) is 11.1 Å². The zero-order valence-electron chi connectivity index (χ0n) is 21.3. The fraction of sp³-hybridized carbons (Fsp3) is 0.560. The molecule has 1 aliphatic rings. The summed E-state index contributed by atoms with van der Waals surface area (Å²) in [6, 6.07) is 6.15. The van der Waals surface area contributed by atoms with Gasteiger partial charge in [-0.05, 0) is 48.9 Å². The van der Waals surface area contributed by atoms with Crippen LogP contribution in [-0.2, 0) is 14.4 Å². The van der Waals surface area contributed by atoms with Crippen molar-refractivity contribution >= 4 is 54.9 Å². The largest absolute Gasteiger partial charge is 0.401 e. The quantitative estimate of drug-likeness (QED) is 0.299. The van der Waals surface area contributed by atoms with Crippen LogP contribution in [-0.4, -0.2) is 60.5 Å². The predicted molar refractivity (Wildman–Crippen MR) is 148 cm³/mol. The molecule has 3 unspecified atom stereocenters. The van der Waals surface area contributed by atoms with E-state index in [2.05, 4.69) is 23.3 Å². The maximum absolute atomic E-state index is 13.5. The monoisotopic (exact) mass is 516 g/mol. The topological polar surface area (TPSA) is 105 Å². The van der Waals surface area contributed by atoms with Gasteiger partial charge in [-0.2, -0.15) is 11.8 Å². The Morgan fingerprint density at radius 1 is 1.23 bits per heavy atom. The molecule has 35 heavy (non-hydrogen) atoms. The Hall–Kier alpha value is -2.07. The average molecular weight is 517 g/mol. The van der Waals surface area contributed by atoms with Gasteiger partial charge in [-0.25, -0.2) is 0 Å². The molecule has 0 bridgehead atoms. The number of thioether (sulfide) groups is 1. The summed E-state index contributed by atoms with van der Waals surface area (Å²) in [5, 5.41) is 5.91. The van der Waals surface area contributed by atoms with Crippen molar-refractivity contribution in [2.45, 2.75) is 65.6 Å². The second kappa shape index (κ2) is 12.8. The number of likely N-dealkylation sites (tertiary alicyclic amines) is 1. The second-order valence-electron chi connectivity index (χ2n) is 9.96. The lowest BCUT2D eigenvalue weighted by Crippen LogP contribution is -2.58. The molecule has 1 fully saturated rings. The van der Waals surface area contributed by atoms with Crippen LogP contribution < -0.4 is 16.4 Å². The van der Waals surface area contributed by atoms with Crippen LogP contribution in [0.1, 0.15) is 64.6 Å². The van der Waals surface area contributed by atoms with Gasteiger partial charge >= 0.3 is 0 Å². The van der Waals surface area contributed by atoms with Gasteiger partial charge in [0.25, 0.3) is 0 Å². The molecule has 2 radical (unpaired) electrons. The Labute approximate surface area is 220 Å². The summed E-state index contributed by atoms with van der Waals surface area (Å²) >= 11 is 5.72. The number of nitrogens with zero attached hydrogens (tertiary/aromatic N) is 1. The Morgan fingerprint density at radius 2 is 1.86 bits per heavy atom. The van der Waals surface area contributed by atoms with E-state index in [9.17, 15) is 14.4 Å². The summed E-state index contributed by atoms with van der Waals surface area (Å²) in [4.78, 5) is 41.4. The molecule has 1 aromatic rings. The highest BCUT2D eigenvalue weighted by atomic mass is 32.2. The highest BCUT2D eigenvalue weighted by Gasteiger charge is 2.42. The minimum Gasteiger partial charge on any atom is -0.401 e. The van der Waals surface area contributed by atoms with Crippen LogP contribution in [0.5, 0.6) is 0 Å². The number of hydrogen-bond donors (Lipinski definition) is 4. The molecule has 2 rings (SSSR count). The van der Waals surface area contributed by atoms with E-state index in [0.29, 0.717) is 24.3 Å². The normalized spacial score (nSPS) is 18.5. The molecule has 0 aliphatic carbocycles. The van der Waals surface area contributed by atoms with Crippen molar-refractivity contribution in [3.8, 4) is 0 Å². The van der Waals surface area contributed by atoms with Crippen LogP contribution >= 0.6 is 24.4 Å². The number of benzene rings is 1. The lowest BCUT2D eigenvalue weighted by molar-refractivity contribution is -0.143. The zero-order chi connectivity index (χ0) is 26.3. The maximum Gasteiger partial charge on any atom is 0.246 e. The molecular formula is C25H37BN4O3S2. The molecule has 0 saturated carbocycles. The third kappa shape index (κ3) is 7.97. The highest BCUT2D eigenvalue weighted by molar-refractivity contribution is 8.00. The van der Waals surface area contributed by atoms with Gasteiger partial charge in [0.15, 0.2) is 0 Å². The van der Waals surface area contributed by atoms with Gasteiger partial charge < -0.3 is 21.3 Å². The lowest BCUT2D eigenvalue weighted by atomic mass is 9.85. The number of nitrogens with one attached hydrogen (secondary N) is 2. The zero-order valence-corrected chi connectivity index (χ0v) is 23.0. The first-order chi connectivity index (χ1) is 16.4. The Kier molecular flexibility index (Phi) is 10.6. The smallest absolute Gasteiger partial charge is 0.246 e. The predicted octanol–water partition coefficient (Wildman–Crippen LogP) is 2.82. The third-order valence-electron chi connectivity index (χ3n) is 6.02. The van der Waals surface area contributed by atoms with Crippen LogP contribution in [0.15, 0.2) is 30.0 Å². The van der Waals surface area contributed by atoms with Gasteiger partial charge in [0.05, 0.1) is 19.6 Å². The van der Waals surface area contributed by atoms with Gasteiger partial charge in [0, 0.05) is 17.1 Å². The number of hydrogen-bond acceptors (Lipinski definition) is 6. The average Bonchev–Trinajstić information content (AvgIpc) is 3.29. The maximum atomic E-state index is 13.5. The van der Waals surface area contributed by atoms with Crippen molar-refractivity contribution in [1.82, 2.24) is 15.5 Å². The van der Waals surface area contributed by atoms with Crippen molar-refractivity contribution in [1.29, 1.82) is 0 Å². The van der Waals surface area contributed by atoms with E-state index in [-0.39, 0.29) is 29.5 Å². The molecule has 1 heterocycles. The molecule has 4 N–H and O–H groups in total. The minimum absolute atomic E-state index is 0.186. The fourth-order valence-corrected chi connectivity index (χ4v) is 4.56. The number of carbonyl (C=O) groups excluding carboxylic acids is 3. The summed E-state index contributed by atoms with van der Waals surface area (Å²) in [7, 11) is 5.47. The van der Waals surface area contributed by atoms with Gasteiger partial charge in [-0.1, -0.05) is 45.0 Å². The van der Waals surface area contributed by atoms with Crippen LogP contribution in [0.4, 0.5) is 0 Å². The van der Waals surface area contributed by atoms with Crippen molar-refractivity contribution in [2.75, 3.05) is 17.9 Å². The Balaban J connectivity index is 2.11. The molecule has 3 amide bonds. The van der Waals surface area contributed by atoms with E-state index in [1.807, 2.05) is 52.0 Å². The van der Waals surface area contributed by atoms with Crippen molar-refractivity contribution in [3.63, 3.8) is 0 Å². The molecular weight excluding hydrogens is 479 g/mol. The molecule has 1 aromatic carbocycles. The summed E-state index contributed by atoms with van der Waals surface area (Å²) in [6.07, 6.45) is 1.32. The lowest BCUT2D eigenvalue weighted by Gasteiger charge is -2.35. The first-order valence-electron chi connectivity index (χ1n) is 11.8. The molecule has 0 aromatic heterocycles. The van der Waals surface area contributed by atoms with Crippen molar-refractivity contribution in [3.05, 3.63) is 41.1 Å². The number of carbonyl (C=O) groups is 3. The van der Waals surface area contributed by atoms with E-state index in [0.717, 1.165) is 22.5 Å². The molecule has 3 atom stereocenters. The van der Waals surface area contributed by atoms with Crippen LogP contribution in [0.2, 0.25) is 0 Å². The number of nitrogens with two attached hydrogens (primary N) is 1. The van der Waals surface area contributed by atoms with Gasteiger partial charge in [-0.3, -0.25) is 14.4 Å². The van der Waals surface area contributed by atoms with Gasteiger partial charge in [-0.15, -0.1) is 12.6 Å². The highest BCUT2D eigenvalue weighted by Crippen LogP contribution is 2.27. The van der Waals surface area contributed by atoms with E-state index in [1.54, 1.807) is 11.8 Å². The van der Waals surface area contributed by atoms with Crippen LogP contribution in [0, 0.1) is 5.41 Å². The molecule has 10 heteroatoms. The standard InChI is InChI=1S/C25H37BN4O3S2/c1-15(27)21(34)18-10-8-17(9-11-18)16(2)28-23(32)19-7-6-12-30(19)24(33)22(25(3,4)5)29-20(31)13-35-14-26/h8-11,16,19,22,34H,6-7,12-14,27H2,1-5H3,(H,28,32)(H,29,31)/b21-15-. The summed E-state index contributed by atoms with van der Waals surface area (Å²) in [6.45, 7) is 9.89. The van der Waals surface area contributed by atoms with E-state index < -0.39 is 17.5 Å². The van der Waals surface area contributed by atoms with Gasteiger partial charge in [0.1, 0.15) is 12.1 Å². The van der Waals surface area contributed by atoms with Gasteiger partial charge in [0.2, 0.25) is 17.7 Å².